The summed E-state index contributed by atoms with van der Waals surface area (Å²) in [4.78, 5) is 29.2. The van der Waals surface area contributed by atoms with Crippen molar-refractivity contribution < 1.29 is 19.4 Å². The van der Waals surface area contributed by atoms with Gasteiger partial charge in [-0.2, -0.15) is 0 Å². The van der Waals surface area contributed by atoms with Gasteiger partial charge in [0.1, 0.15) is 0 Å². The predicted octanol–water partition coefficient (Wildman–Crippen LogP) is 3.60. The van der Waals surface area contributed by atoms with Crippen molar-refractivity contribution in [3.8, 4) is 0 Å². The van der Waals surface area contributed by atoms with Crippen LogP contribution in [-0.2, 0) is 4.74 Å². The van der Waals surface area contributed by atoms with Crippen LogP contribution in [0.1, 0.15) is 27.9 Å². The van der Waals surface area contributed by atoms with Gasteiger partial charge in [0.15, 0.2) is 20.1 Å². The summed E-state index contributed by atoms with van der Waals surface area (Å²) in [6.45, 7) is 2.17. The average molecular weight is 379 g/mol. The fraction of sp³-hybridized carbons (Fsp3) is 0.333. The quantitative estimate of drug-likeness (QED) is 0.623. The van der Waals surface area contributed by atoms with Crippen molar-refractivity contribution in [2.75, 3.05) is 19.1 Å². The van der Waals surface area contributed by atoms with Crippen molar-refractivity contribution in [2.45, 2.75) is 15.6 Å². The second-order valence-electron chi connectivity index (χ2n) is 3.43. The molecular formula is C12H14N2O4S4. The Labute approximate surface area is 144 Å². The highest BCUT2D eigenvalue weighted by Gasteiger charge is 2.10. The van der Waals surface area contributed by atoms with Crippen LogP contribution in [-0.4, -0.2) is 46.1 Å². The zero-order valence-electron chi connectivity index (χ0n) is 12.1. The van der Waals surface area contributed by atoms with Gasteiger partial charge in [0.05, 0.1) is 6.61 Å². The third kappa shape index (κ3) is 5.95. The Balaban J connectivity index is 0.000000224. The molecule has 0 saturated carbocycles. The first-order valence-electron chi connectivity index (χ1n) is 5.91. The maximum Gasteiger partial charge on any atom is 0.357 e. The molecule has 0 aliphatic heterocycles. The summed E-state index contributed by atoms with van der Waals surface area (Å²) >= 11 is 5.78. The molecule has 6 nitrogen and oxygen atoms in total. The largest absolute Gasteiger partial charge is 0.476 e. The number of aromatic nitrogens is 2. The van der Waals surface area contributed by atoms with Crippen LogP contribution in [0.15, 0.2) is 19.4 Å². The molecule has 10 heteroatoms. The number of nitrogens with zero attached hydrogens (tertiary/aromatic N) is 2. The number of carboxylic acid groups (broad SMARTS) is 1. The van der Waals surface area contributed by atoms with Gasteiger partial charge in [0.2, 0.25) is 0 Å². The van der Waals surface area contributed by atoms with E-state index in [-0.39, 0.29) is 11.7 Å². The first-order valence-corrected chi connectivity index (χ1v) is 10.1. The number of thioether (sulfide) groups is 2. The van der Waals surface area contributed by atoms with Crippen molar-refractivity contribution in [2.24, 2.45) is 0 Å². The summed E-state index contributed by atoms with van der Waals surface area (Å²) in [6.07, 6.45) is 3.79. The molecule has 0 atom stereocenters. The Morgan fingerprint density at radius 3 is 2.00 bits per heavy atom. The van der Waals surface area contributed by atoms with Crippen LogP contribution in [0.4, 0.5) is 0 Å². The maximum atomic E-state index is 11.1. The van der Waals surface area contributed by atoms with Gasteiger partial charge < -0.3 is 9.84 Å². The standard InChI is InChI=1S/C7H9NO2S2.C5H5NO2S2/c1-3-10-6(9)5-4-12-7(8-5)11-2;1-9-5-6-3(2-10-5)4(7)8/h4H,3H2,1-2H3;2H,1H3,(H,7,8). The molecule has 1 N–H and O–H groups in total. The molecule has 0 spiro atoms. The number of ether oxygens (including phenoxy) is 1. The Hall–Kier alpha value is -1.10. The summed E-state index contributed by atoms with van der Waals surface area (Å²) in [5, 5.41) is 11.7. The van der Waals surface area contributed by atoms with Crippen LogP contribution < -0.4 is 0 Å². The smallest absolute Gasteiger partial charge is 0.357 e. The summed E-state index contributed by atoms with van der Waals surface area (Å²) < 4.78 is 6.46. The minimum atomic E-state index is -0.962. The minimum Gasteiger partial charge on any atom is -0.476 e. The van der Waals surface area contributed by atoms with Gasteiger partial charge in [-0.05, 0) is 19.4 Å². The molecule has 0 amide bonds. The van der Waals surface area contributed by atoms with E-state index in [0.29, 0.717) is 12.3 Å². The van der Waals surface area contributed by atoms with E-state index < -0.39 is 5.97 Å². The van der Waals surface area contributed by atoms with E-state index in [1.54, 1.807) is 12.3 Å². The van der Waals surface area contributed by atoms with Crippen molar-refractivity contribution in [1.82, 2.24) is 9.97 Å². The number of hydrogen-bond acceptors (Lipinski definition) is 9. The van der Waals surface area contributed by atoms with Gasteiger partial charge in [0, 0.05) is 10.8 Å². The predicted molar refractivity (Wildman–Crippen MR) is 90.7 cm³/mol. The average Bonchev–Trinajstić information content (AvgIpc) is 3.17. The number of hydrogen-bond donors (Lipinski definition) is 1. The topological polar surface area (TPSA) is 89.4 Å². The lowest BCUT2D eigenvalue weighted by atomic mass is 10.5. The zero-order valence-corrected chi connectivity index (χ0v) is 15.3. The van der Waals surface area contributed by atoms with E-state index in [1.165, 1.54) is 51.6 Å². The highest BCUT2D eigenvalue weighted by Crippen LogP contribution is 2.20. The van der Waals surface area contributed by atoms with Crippen molar-refractivity contribution in [3.63, 3.8) is 0 Å². The molecule has 120 valence electrons. The Bertz CT molecular complexity index is 626. The third-order valence-corrected chi connectivity index (χ3v) is 5.75. The van der Waals surface area contributed by atoms with Crippen molar-refractivity contribution in [3.05, 3.63) is 22.1 Å². The number of carbonyl (C=O) groups is 2. The van der Waals surface area contributed by atoms with Gasteiger partial charge >= 0.3 is 11.9 Å². The first-order chi connectivity index (χ1) is 10.5. The van der Waals surface area contributed by atoms with Crippen molar-refractivity contribution in [1.29, 1.82) is 0 Å². The summed E-state index contributed by atoms with van der Waals surface area (Å²) in [6, 6.07) is 0. The second kappa shape index (κ2) is 9.82. The van der Waals surface area contributed by atoms with Gasteiger partial charge in [-0.25, -0.2) is 19.6 Å². The number of aromatic carboxylic acids is 1. The molecule has 2 heterocycles. The van der Waals surface area contributed by atoms with Gasteiger partial charge in [-0.1, -0.05) is 23.5 Å². The second-order valence-corrected chi connectivity index (χ2v) is 7.25. The lowest BCUT2D eigenvalue weighted by Crippen LogP contribution is -2.04. The highest BCUT2D eigenvalue weighted by atomic mass is 32.2. The maximum absolute atomic E-state index is 11.1. The highest BCUT2D eigenvalue weighted by molar-refractivity contribution is 8.00. The zero-order chi connectivity index (χ0) is 16.5. The van der Waals surface area contributed by atoms with Crippen molar-refractivity contribution >= 4 is 58.1 Å². The van der Waals surface area contributed by atoms with Crippen LogP contribution in [0, 0.1) is 0 Å². The first kappa shape index (κ1) is 18.9. The van der Waals surface area contributed by atoms with Crippen LogP contribution in [0.2, 0.25) is 0 Å². The fourth-order valence-electron chi connectivity index (χ4n) is 1.10. The lowest BCUT2D eigenvalue weighted by Gasteiger charge is -1.95. The third-order valence-electron chi connectivity index (χ3n) is 2.02. The van der Waals surface area contributed by atoms with Gasteiger partial charge in [-0.3, -0.25) is 0 Å². The summed E-state index contributed by atoms with van der Waals surface area (Å²) in [5.41, 5.74) is 0.542. The molecule has 0 saturated heterocycles. The molecule has 0 radical (unpaired) electrons. The SMILES string of the molecule is CCOC(=O)c1csc(SC)n1.CSc1nc(C(=O)O)cs1. The van der Waals surface area contributed by atoms with E-state index in [9.17, 15) is 9.59 Å². The Kier molecular flexibility index (Phi) is 8.46. The number of esters is 1. The molecule has 2 aromatic rings. The van der Waals surface area contributed by atoms with E-state index >= 15 is 0 Å². The number of carboxylic acids is 1. The van der Waals surface area contributed by atoms with E-state index in [0.717, 1.165) is 8.68 Å². The van der Waals surface area contributed by atoms with Crippen LogP contribution in [0.3, 0.4) is 0 Å². The van der Waals surface area contributed by atoms with Gasteiger partial charge in [-0.15, -0.1) is 22.7 Å². The molecule has 0 unspecified atom stereocenters. The molecule has 0 aliphatic carbocycles. The molecule has 0 fully saturated rings. The van der Waals surface area contributed by atoms with Gasteiger partial charge in [0.25, 0.3) is 0 Å². The van der Waals surface area contributed by atoms with Crippen LogP contribution in [0.5, 0.6) is 0 Å². The molecule has 2 rings (SSSR count). The molecule has 22 heavy (non-hydrogen) atoms. The normalized spacial score (nSPS) is 9.77. The Morgan fingerprint density at radius 2 is 1.64 bits per heavy atom. The molecule has 0 aromatic carbocycles. The van der Waals surface area contributed by atoms with Crippen LogP contribution in [0.25, 0.3) is 0 Å². The van der Waals surface area contributed by atoms with E-state index in [1.807, 2.05) is 12.5 Å². The summed E-state index contributed by atoms with van der Waals surface area (Å²) in [7, 11) is 0. The lowest BCUT2D eigenvalue weighted by molar-refractivity contribution is 0.0519. The number of thiazole rings is 2. The minimum absolute atomic E-state index is 0.134. The molecule has 0 aliphatic rings. The number of carbonyl (C=O) groups excluding carboxylic acids is 1. The molecule has 2 aromatic heterocycles. The molecular weight excluding hydrogens is 364 g/mol. The monoisotopic (exact) mass is 378 g/mol. The fourth-order valence-corrected chi connectivity index (χ4v) is 3.57. The van der Waals surface area contributed by atoms with Crippen LogP contribution >= 0.6 is 46.2 Å². The Morgan fingerprint density at radius 1 is 1.14 bits per heavy atom. The molecule has 0 bridgehead atoms. The summed E-state index contributed by atoms with van der Waals surface area (Å²) in [5.74, 6) is -1.30. The van der Waals surface area contributed by atoms with E-state index in [4.69, 9.17) is 9.84 Å². The van der Waals surface area contributed by atoms with E-state index in [2.05, 4.69) is 9.97 Å². The number of rotatable bonds is 5.